The average molecular weight is 174 g/mol. The van der Waals surface area contributed by atoms with Crippen molar-refractivity contribution in [3.8, 4) is 0 Å². The summed E-state index contributed by atoms with van der Waals surface area (Å²) in [6.07, 6.45) is 3.46. The molecule has 0 N–H and O–H groups in total. The van der Waals surface area contributed by atoms with Crippen LogP contribution in [0.2, 0.25) is 0 Å². The molecule has 0 aromatic heterocycles. The van der Waals surface area contributed by atoms with E-state index >= 15 is 0 Å². The monoisotopic (exact) mass is 174 g/mol. The van der Waals surface area contributed by atoms with Crippen LogP contribution in [0.1, 0.15) is 0 Å². The first-order chi connectivity index (χ1) is 3.62. The second kappa shape index (κ2) is 3.90. The lowest BCUT2D eigenvalue weighted by Crippen LogP contribution is -1.91. The van der Waals surface area contributed by atoms with Crippen LogP contribution in [0.3, 0.4) is 0 Å². The summed E-state index contributed by atoms with van der Waals surface area (Å²) in [5, 5.41) is 0. The molecule has 0 aliphatic carbocycles. The molecule has 0 rings (SSSR count). The van der Waals surface area contributed by atoms with E-state index in [0.29, 0.717) is 11.5 Å². The molecule has 0 heterocycles. The van der Waals surface area contributed by atoms with Gasteiger partial charge in [-0.05, 0) is 15.7 Å². The summed E-state index contributed by atoms with van der Waals surface area (Å²) in [7, 11) is -0.510. The predicted octanol–water partition coefficient (Wildman–Crippen LogP) is 2.51. The lowest BCUT2D eigenvalue weighted by atomic mass is 11.0. The maximum absolute atomic E-state index is 12.8. The summed E-state index contributed by atoms with van der Waals surface area (Å²) in [5.41, 5.74) is 0. The topological polar surface area (TPSA) is 0 Å². The van der Waals surface area contributed by atoms with Gasteiger partial charge in [0.1, 0.15) is 0 Å². The van der Waals surface area contributed by atoms with Crippen LogP contribution in [0.25, 0.3) is 0 Å². The van der Waals surface area contributed by atoms with E-state index in [1.807, 2.05) is 0 Å². The van der Waals surface area contributed by atoms with Crippen molar-refractivity contribution < 1.29 is 3.89 Å². The Labute approximate surface area is 61.0 Å². The second-order valence-corrected chi connectivity index (χ2v) is 7.57. The van der Waals surface area contributed by atoms with Gasteiger partial charge >= 0.3 is 0 Å². The van der Waals surface area contributed by atoms with Gasteiger partial charge in [0.15, 0.2) is 0 Å². The highest BCUT2D eigenvalue weighted by atomic mass is 33.2. The molecule has 0 aliphatic heterocycles. The van der Waals surface area contributed by atoms with Gasteiger partial charge in [-0.3, -0.25) is 0 Å². The molecule has 0 saturated carbocycles. The summed E-state index contributed by atoms with van der Waals surface area (Å²) in [5.74, 6) is 1.26. The fourth-order valence-electron chi connectivity index (χ4n) is 0.246. The number of hydrogen-bond acceptors (Lipinski definition) is 2. The fraction of sp³-hybridized carbons (Fsp3) is 1.00. The Morgan fingerprint density at radius 3 is 2.38 bits per heavy atom. The Morgan fingerprint density at radius 2 is 2.25 bits per heavy atom. The third kappa shape index (κ3) is 3.92. The van der Waals surface area contributed by atoms with Gasteiger partial charge in [-0.25, -0.2) is 0 Å². The largest absolute Gasteiger partial charge is 0.179 e. The van der Waals surface area contributed by atoms with Gasteiger partial charge in [0, 0.05) is 17.8 Å². The molecule has 0 spiro atoms. The minimum atomic E-state index is -1.83. The van der Waals surface area contributed by atoms with Crippen molar-refractivity contribution in [2.45, 2.75) is 0 Å². The molecular formula is C4H11FS3. The Kier molecular flexibility index (Phi) is 4.38. The number of halogens is 1. The van der Waals surface area contributed by atoms with Crippen molar-refractivity contribution in [2.24, 2.45) is 0 Å². The van der Waals surface area contributed by atoms with Crippen molar-refractivity contribution in [1.29, 1.82) is 0 Å². The zero-order chi connectivity index (χ0) is 6.62. The minimum absolute atomic E-state index is 0.608. The lowest BCUT2D eigenvalue weighted by molar-refractivity contribution is 0.915. The lowest BCUT2D eigenvalue weighted by Gasteiger charge is -2.20. The van der Waals surface area contributed by atoms with Crippen molar-refractivity contribution in [3.63, 3.8) is 0 Å². The summed E-state index contributed by atoms with van der Waals surface area (Å²) in [6, 6.07) is 0. The van der Waals surface area contributed by atoms with Crippen LogP contribution < -0.4 is 0 Å². The van der Waals surface area contributed by atoms with Crippen molar-refractivity contribution in [1.82, 2.24) is 0 Å². The van der Waals surface area contributed by atoms with Crippen LogP contribution in [-0.4, -0.2) is 24.0 Å². The predicted molar refractivity (Wildman–Crippen MR) is 46.9 cm³/mol. The van der Waals surface area contributed by atoms with E-state index in [1.165, 1.54) is 10.8 Å². The number of rotatable bonds is 3. The van der Waals surface area contributed by atoms with Crippen LogP contribution in [0.4, 0.5) is 3.89 Å². The average Bonchev–Trinajstić information content (AvgIpc) is 1.67. The normalized spacial score (nSPS) is 22.0. The molecule has 0 fully saturated rings. The van der Waals surface area contributed by atoms with Gasteiger partial charge in [0.05, 0.1) is 0 Å². The van der Waals surface area contributed by atoms with Gasteiger partial charge in [0.25, 0.3) is 0 Å². The molecule has 4 heteroatoms. The number of thiol groups is 1. The quantitative estimate of drug-likeness (QED) is 0.507. The molecule has 0 nitrogen and oxygen atoms in total. The van der Waals surface area contributed by atoms with E-state index in [2.05, 4.69) is 12.6 Å². The fourth-order valence-corrected chi connectivity index (χ4v) is 2.89. The highest BCUT2D eigenvalue weighted by Gasteiger charge is 2.12. The van der Waals surface area contributed by atoms with Gasteiger partial charge in [-0.15, -0.1) is 0 Å². The van der Waals surface area contributed by atoms with Gasteiger partial charge in [0.2, 0.25) is 0 Å². The maximum atomic E-state index is 12.8. The Bertz CT molecular complexity index is 64.3. The van der Waals surface area contributed by atoms with E-state index in [-0.39, 0.29) is 0 Å². The van der Waals surface area contributed by atoms with Gasteiger partial charge < -0.3 is 0 Å². The molecule has 8 heavy (non-hydrogen) atoms. The van der Waals surface area contributed by atoms with Crippen molar-refractivity contribution >= 4 is 32.9 Å². The van der Waals surface area contributed by atoms with E-state index < -0.39 is 9.45 Å². The summed E-state index contributed by atoms with van der Waals surface area (Å²) < 4.78 is 12.8. The number of hydrogen-bond donors (Lipinski definition) is 1. The first-order valence-electron chi connectivity index (χ1n) is 2.24. The summed E-state index contributed by atoms with van der Waals surface area (Å²) >= 11 is 3.94. The van der Waals surface area contributed by atoms with E-state index in [0.717, 1.165) is 0 Å². The summed E-state index contributed by atoms with van der Waals surface area (Å²) in [6.45, 7) is 0. The highest BCUT2D eigenvalue weighted by Crippen LogP contribution is 2.56. The molecule has 0 saturated heterocycles. The van der Waals surface area contributed by atoms with Crippen LogP contribution >= 0.6 is 32.9 Å². The molecule has 0 bridgehead atoms. The Balaban J connectivity index is 3.37. The molecule has 0 radical (unpaired) electrons. The Morgan fingerprint density at radius 1 is 1.75 bits per heavy atom. The first kappa shape index (κ1) is 8.98. The molecule has 52 valence electrons. The van der Waals surface area contributed by atoms with Crippen LogP contribution in [-0.2, 0) is 0 Å². The van der Waals surface area contributed by atoms with Crippen LogP contribution in [0.15, 0.2) is 0 Å². The highest BCUT2D eigenvalue weighted by molar-refractivity contribution is 8.91. The third-order valence-corrected chi connectivity index (χ3v) is 5.54. The second-order valence-electron chi connectivity index (χ2n) is 1.49. The van der Waals surface area contributed by atoms with Crippen LogP contribution in [0.5, 0.6) is 0 Å². The van der Waals surface area contributed by atoms with E-state index in [9.17, 15) is 3.89 Å². The summed E-state index contributed by atoms with van der Waals surface area (Å²) in [4.78, 5) is 0. The molecule has 1 atom stereocenters. The molecule has 1 unspecified atom stereocenters. The van der Waals surface area contributed by atoms with E-state index in [4.69, 9.17) is 0 Å². The standard InChI is InChI=1S/C4H11FS3/c1-7-8(2,5)4-3-6/h6H,3-4H2,1-2H3. The molecule has 0 aliphatic rings. The van der Waals surface area contributed by atoms with E-state index in [1.54, 1.807) is 12.5 Å². The minimum Gasteiger partial charge on any atom is -0.179 e. The van der Waals surface area contributed by atoms with Gasteiger partial charge in [-0.1, -0.05) is 10.8 Å². The third-order valence-electron chi connectivity index (χ3n) is 0.803. The molecular weight excluding hydrogens is 163 g/mol. The maximum Gasteiger partial charge on any atom is 0.0212 e. The van der Waals surface area contributed by atoms with Gasteiger partial charge in [-0.2, -0.15) is 16.5 Å². The van der Waals surface area contributed by atoms with Crippen molar-refractivity contribution in [3.05, 3.63) is 0 Å². The SMILES string of the molecule is CSS(C)(F)CCS. The first-order valence-corrected chi connectivity index (χ1v) is 6.73. The molecule has 0 aromatic carbocycles. The van der Waals surface area contributed by atoms with Crippen LogP contribution in [0, 0.1) is 0 Å². The molecule has 0 amide bonds. The van der Waals surface area contributed by atoms with Crippen molar-refractivity contribution in [2.75, 3.05) is 24.0 Å². The molecule has 0 aromatic rings. The smallest absolute Gasteiger partial charge is 0.0212 e. The zero-order valence-electron chi connectivity index (χ0n) is 5.06. The zero-order valence-corrected chi connectivity index (χ0v) is 7.58. The Hall–Kier alpha value is 0.980.